The van der Waals surface area contributed by atoms with Crippen LogP contribution in [0.2, 0.25) is 0 Å². The molecule has 0 saturated heterocycles. The lowest BCUT2D eigenvalue weighted by Crippen LogP contribution is -2.30. The molecule has 0 aromatic heterocycles. The Kier molecular flexibility index (Phi) is 4.38. The van der Waals surface area contributed by atoms with E-state index in [1.54, 1.807) is 0 Å². The van der Waals surface area contributed by atoms with E-state index in [0.717, 1.165) is 5.92 Å². The van der Waals surface area contributed by atoms with Gasteiger partial charge in [0.25, 0.3) is 0 Å². The summed E-state index contributed by atoms with van der Waals surface area (Å²) in [6.45, 7) is 2.87. The SMILES string of the molecule is CCC1CCC(CNS(C)(=O)=O)CC1. The normalized spacial score (nSPS) is 29.0. The minimum atomic E-state index is -2.99. The molecule has 0 aromatic rings. The van der Waals surface area contributed by atoms with E-state index in [1.165, 1.54) is 38.4 Å². The van der Waals surface area contributed by atoms with Gasteiger partial charge in [-0.25, -0.2) is 13.1 Å². The molecule has 1 N–H and O–H groups in total. The predicted octanol–water partition coefficient (Wildman–Crippen LogP) is 1.75. The fraction of sp³-hybridized carbons (Fsp3) is 1.00. The standard InChI is InChI=1S/C10H21NO2S/c1-3-9-4-6-10(7-5-9)8-11-14(2,12)13/h9-11H,3-8H2,1-2H3. The summed E-state index contributed by atoms with van der Waals surface area (Å²) in [4.78, 5) is 0. The van der Waals surface area contributed by atoms with Crippen LogP contribution in [0.25, 0.3) is 0 Å². The predicted molar refractivity (Wildman–Crippen MR) is 58.6 cm³/mol. The van der Waals surface area contributed by atoms with Crippen LogP contribution in [0.5, 0.6) is 0 Å². The quantitative estimate of drug-likeness (QED) is 0.783. The van der Waals surface area contributed by atoms with Crippen molar-refractivity contribution >= 4 is 10.0 Å². The number of nitrogens with one attached hydrogen (secondary N) is 1. The Hall–Kier alpha value is -0.0900. The molecule has 0 amide bonds. The molecule has 0 heterocycles. The average molecular weight is 219 g/mol. The van der Waals surface area contributed by atoms with Crippen molar-refractivity contribution in [2.24, 2.45) is 11.8 Å². The van der Waals surface area contributed by atoms with Crippen molar-refractivity contribution in [3.63, 3.8) is 0 Å². The van der Waals surface area contributed by atoms with Crippen LogP contribution in [0.4, 0.5) is 0 Å². The second-order valence-electron chi connectivity index (χ2n) is 4.42. The monoisotopic (exact) mass is 219 g/mol. The second-order valence-corrected chi connectivity index (χ2v) is 6.25. The van der Waals surface area contributed by atoms with Crippen LogP contribution in [0.3, 0.4) is 0 Å². The highest BCUT2D eigenvalue weighted by molar-refractivity contribution is 7.88. The summed E-state index contributed by atoms with van der Waals surface area (Å²) >= 11 is 0. The van der Waals surface area contributed by atoms with Crippen molar-refractivity contribution in [2.75, 3.05) is 12.8 Å². The third-order valence-corrected chi connectivity index (χ3v) is 3.87. The van der Waals surface area contributed by atoms with Gasteiger partial charge in [0.15, 0.2) is 0 Å². The van der Waals surface area contributed by atoms with Crippen molar-refractivity contribution in [3.05, 3.63) is 0 Å². The maximum Gasteiger partial charge on any atom is 0.208 e. The number of rotatable bonds is 4. The number of hydrogen-bond donors (Lipinski definition) is 1. The van der Waals surface area contributed by atoms with Gasteiger partial charge in [0, 0.05) is 6.54 Å². The van der Waals surface area contributed by atoms with Gasteiger partial charge >= 0.3 is 0 Å². The summed E-state index contributed by atoms with van der Waals surface area (Å²) in [6.07, 6.45) is 7.40. The van der Waals surface area contributed by atoms with Gasteiger partial charge in [-0.05, 0) is 24.7 Å². The maximum atomic E-state index is 10.9. The molecular weight excluding hydrogens is 198 g/mol. The summed E-state index contributed by atoms with van der Waals surface area (Å²) in [5.41, 5.74) is 0. The largest absolute Gasteiger partial charge is 0.215 e. The first-order valence-electron chi connectivity index (χ1n) is 5.46. The molecule has 0 unspecified atom stereocenters. The van der Waals surface area contributed by atoms with Gasteiger partial charge in [0.05, 0.1) is 6.26 Å². The van der Waals surface area contributed by atoms with E-state index < -0.39 is 10.0 Å². The zero-order valence-corrected chi connectivity index (χ0v) is 9.94. The highest BCUT2D eigenvalue weighted by Gasteiger charge is 2.20. The fourth-order valence-electron chi connectivity index (χ4n) is 2.11. The average Bonchev–Trinajstić information content (AvgIpc) is 2.14. The Labute approximate surface area is 87.3 Å². The molecule has 0 spiro atoms. The molecule has 84 valence electrons. The van der Waals surface area contributed by atoms with Crippen molar-refractivity contribution in [1.82, 2.24) is 4.72 Å². The van der Waals surface area contributed by atoms with Crippen LogP contribution >= 0.6 is 0 Å². The maximum absolute atomic E-state index is 10.9. The molecule has 0 aromatic carbocycles. The molecule has 1 aliphatic rings. The topological polar surface area (TPSA) is 46.2 Å². The lowest BCUT2D eigenvalue weighted by Gasteiger charge is -2.27. The molecule has 1 aliphatic carbocycles. The van der Waals surface area contributed by atoms with Crippen LogP contribution in [0.15, 0.2) is 0 Å². The molecule has 1 fully saturated rings. The summed E-state index contributed by atoms with van der Waals surface area (Å²) in [5, 5.41) is 0. The summed E-state index contributed by atoms with van der Waals surface area (Å²) in [5.74, 6) is 1.44. The molecule has 1 rings (SSSR count). The molecule has 0 bridgehead atoms. The third-order valence-electron chi connectivity index (χ3n) is 3.18. The molecule has 0 aliphatic heterocycles. The van der Waals surface area contributed by atoms with Crippen molar-refractivity contribution in [1.29, 1.82) is 0 Å². The zero-order chi connectivity index (χ0) is 10.6. The van der Waals surface area contributed by atoms with Crippen molar-refractivity contribution in [2.45, 2.75) is 39.0 Å². The lowest BCUT2D eigenvalue weighted by molar-refractivity contribution is 0.270. The lowest BCUT2D eigenvalue weighted by atomic mass is 9.81. The van der Waals surface area contributed by atoms with Crippen LogP contribution < -0.4 is 4.72 Å². The van der Waals surface area contributed by atoms with E-state index in [0.29, 0.717) is 12.5 Å². The van der Waals surface area contributed by atoms with Gasteiger partial charge in [-0.15, -0.1) is 0 Å². The van der Waals surface area contributed by atoms with Crippen LogP contribution in [0, 0.1) is 11.8 Å². The molecule has 4 heteroatoms. The highest BCUT2D eigenvalue weighted by Crippen LogP contribution is 2.30. The van der Waals surface area contributed by atoms with Crippen LogP contribution in [-0.4, -0.2) is 21.2 Å². The van der Waals surface area contributed by atoms with Gasteiger partial charge in [-0.1, -0.05) is 26.2 Å². The van der Waals surface area contributed by atoms with E-state index in [-0.39, 0.29) is 0 Å². The summed E-state index contributed by atoms with van der Waals surface area (Å²) < 4.78 is 24.4. The Morgan fingerprint density at radius 3 is 2.07 bits per heavy atom. The molecule has 0 radical (unpaired) electrons. The van der Waals surface area contributed by atoms with Gasteiger partial charge in [-0.3, -0.25) is 0 Å². The first kappa shape index (κ1) is 12.0. The Bertz CT molecular complexity index is 253. The minimum Gasteiger partial charge on any atom is -0.215 e. The Morgan fingerprint density at radius 1 is 1.14 bits per heavy atom. The molecule has 3 nitrogen and oxygen atoms in total. The van der Waals surface area contributed by atoms with Gasteiger partial charge in [0.1, 0.15) is 0 Å². The summed E-state index contributed by atoms with van der Waals surface area (Å²) in [7, 11) is -2.99. The van der Waals surface area contributed by atoms with Crippen molar-refractivity contribution in [3.8, 4) is 0 Å². The second kappa shape index (κ2) is 5.12. The zero-order valence-electron chi connectivity index (χ0n) is 9.12. The Balaban J connectivity index is 2.23. The van der Waals surface area contributed by atoms with Gasteiger partial charge in [0.2, 0.25) is 10.0 Å². The Morgan fingerprint density at radius 2 is 1.64 bits per heavy atom. The van der Waals surface area contributed by atoms with E-state index in [2.05, 4.69) is 11.6 Å². The van der Waals surface area contributed by atoms with Crippen LogP contribution in [0.1, 0.15) is 39.0 Å². The fourth-order valence-corrected chi connectivity index (χ4v) is 2.65. The highest BCUT2D eigenvalue weighted by atomic mass is 32.2. The van der Waals surface area contributed by atoms with Gasteiger partial charge in [-0.2, -0.15) is 0 Å². The molecular formula is C10H21NO2S. The number of sulfonamides is 1. The first-order chi connectivity index (χ1) is 6.51. The molecule has 14 heavy (non-hydrogen) atoms. The third kappa shape index (κ3) is 4.42. The molecule has 1 saturated carbocycles. The van der Waals surface area contributed by atoms with Gasteiger partial charge < -0.3 is 0 Å². The van der Waals surface area contributed by atoms with E-state index in [4.69, 9.17) is 0 Å². The minimum absolute atomic E-state index is 0.563. The smallest absolute Gasteiger partial charge is 0.208 e. The van der Waals surface area contributed by atoms with E-state index in [1.807, 2.05) is 0 Å². The molecule has 0 atom stereocenters. The van der Waals surface area contributed by atoms with Crippen LogP contribution in [-0.2, 0) is 10.0 Å². The summed E-state index contributed by atoms with van der Waals surface area (Å²) in [6, 6.07) is 0. The van der Waals surface area contributed by atoms with Crippen molar-refractivity contribution < 1.29 is 8.42 Å². The number of hydrogen-bond acceptors (Lipinski definition) is 2. The first-order valence-corrected chi connectivity index (χ1v) is 7.35. The van der Waals surface area contributed by atoms with E-state index >= 15 is 0 Å². The van der Waals surface area contributed by atoms with E-state index in [9.17, 15) is 8.42 Å².